The summed E-state index contributed by atoms with van der Waals surface area (Å²) in [5.41, 5.74) is 2.00. The van der Waals surface area contributed by atoms with Gasteiger partial charge in [0.15, 0.2) is 0 Å². The maximum Gasteiger partial charge on any atom is 0.255 e. The van der Waals surface area contributed by atoms with Crippen molar-refractivity contribution in [3.05, 3.63) is 83.4 Å². The van der Waals surface area contributed by atoms with E-state index in [-0.39, 0.29) is 41.3 Å². The predicted octanol–water partition coefficient (Wildman–Crippen LogP) is 3.91. The van der Waals surface area contributed by atoms with Crippen LogP contribution in [0.4, 0.5) is 4.39 Å². The highest BCUT2D eigenvalue weighted by Gasteiger charge is 2.33. The molecule has 1 aromatic heterocycles. The van der Waals surface area contributed by atoms with Gasteiger partial charge in [-0.05, 0) is 79.8 Å². The van der Waals surface area contributed by atoms with E-state index in [1.54, 1.807) is 49.1 Å². The number of benzene rings is 3. The molecule has 0 saturated carbocycles. The first-order valence-corrected chi connectivity index (χ1v) is 16.4. The lowest BCUT2D eigenvalue weighted by atomic mass is 9.95. The van der Waals surface area contributed by atoms with Crippen molar-refractivity contribution in [1.82, 2.24) is 30.8 Å². The third-order valence-corrected chi connectivity index (χ3v) is 9.07. The molecule has 4 aromatic rings. The normalized spacial score (nSPS) is 21.0. The van der Waals surface area contributed by atoms with Crippen LogP contribution in [0.2, 0.25) is 0 Å². The van der Waals surface area contributed by atoms with Gasteiger partial charge in [0, 0.05) is 25.4 Å². The number of phenolic OH excluding ortho intramolecular Hbond substituents is 1. The van der Waals surface area contributed by atoms with Gasteiger partial charge in [-0.25, -0.2) is 9.37 Å². The number of aromatic hydroxyl groups is 1. The van der Waals surface area contributed by atoms with Gasteiger partial charge in [0.1, 0.15) is 47.0 Å². The number of amides is 4. The van der Waals surface area contributed by atoms with Crippen molar-refractivity contribution in [3.63, 3.8) is 0 Å². The Morgan fingerprint density at radius 2 is 1.65 bits per heavy atom. The number of halogens is 1. The van der Waals surface area contributed by atoms with Gasteiger partial charge in [-0.3, -0.25) is 19.2 Å². The zero-order chi connectivity index (χ0) is 34.8. The van der Waals surface area contributed by atoms with Crippen LogP contribution in [0.5, 0.6) is 17.2 Å². The minimum Gasteiger partial charge on any atom is -0.507 e. The van der Waals surface area contributed by atoms with Gasteiger partial charge >= 0.3 is 0 Å². The van der Waals surface area contributed by atoms with E-state index in [1.807, 2.05) is 0 Å². The average molecular weight is 671 g/mol. The molecule has 0 radical (unpaired) electrons. The molecule has 3 atom stereocenters. The molecule has 1 fully saturated rings. The average Bonchev–Trinajstić information content (AvgIpc) is 3.51. The molecule has 1 saturated heterocycles. The van der Waals surface area contributed by atoms with E-state index in [1.165, 1.54) is 37.3 Å². The molecule has 3 aliphatic heterocycles. The van der Waals surface area contributed by atoms with Crippen LogP contribution in [-0.2, 0) is 20.8 Å². The second-order valence-electron chi connectivity index (χ2n) is 13.0. The topological polar surface area (TPSA) is 166 Å². The smallest absolute Gasteiger partial charge is 0.255 e. The summed E-state index contributed by atoms with van der Waals surface area (Å²) in [5, 5.41) is 18.6. The standard InChI is InChI=1S/C36H39FN6O6/c1-19(2)31-35(47)38-20(3)33(45)41-29(16-21-4-7-24(8-5-21)49-25-9-11-30(44)26(18-25)34(46)42-31)36(48)43-14-12-22(13-15-43)32-39-27-10-6-23(37)17-28(27)40-32/h4-11,17-20,22,29,31,44H,12-16H2,1-3H3,(H,38,47)(H,39,40)(H,41,45)(H,42,46)/t20-,29+,31-/m0/s1. The number of imidazole rings is 1. The molecule has 4 heterocycles. The maximum absolute atomic E-state index is 14.0. The van der Waals surface area contributed by atoms with E-state index in [9.17, 15) is 28.7 Å². The summed E-state index contributed by atoms with van der Waals surface area (Å²) in [4.78, 5) is 63.6. The van der Waals surface area contributed by atoms with Crippen molar-refractivity contribution in [1.29, 1.82) is 0 Å². The summed E-state index contributed by atoms with van der Waals surface area (Å²) >= 11 is 0. The highest BCUT2D eigenvalue weighted by molar-refractivity contribution is 6.00. The number of aromatic nitrogens is 2. The number of hydrogen-bond donors (Lipinski definition) is 5. The minimum atomic E-state index is -1.03. The number of ether oxygens (including phenoxy) is 1. The first kappa shape index (κ1) is 33.4. The van der Waals surface area contributed by atoms with E-state index < -0.39 is 35.8 Å². The van der Waals surface area contributed by atoms with Crippen LogP contribution in [0, 0.1) is 11.7 Å². The van der Waals surface area contributed by atoms with Crippen molar-refractivity contribution in [2.75, 3.05) is 13.1 Å². The molecule has 3 aromatic carbocycles. The summed E-state index contributed by atoms with van der Waals surface area (Å²) in [6.07, 6.45) is 1.46. The molecule has 0 unspecified atom stereocenters. The van der Waals surface area contributed by atoms with Gasteiger partial charge in [0.05, 0.1) is 16.6 Å². The number of aromatic amines is 1. The summed E-state index contributed by atoms with van der Waals surface area (Å²) < 4.78 is 19.7. The number of rotatable bonds is 3. The molecule has 5 N–H and O–H groups in total. The van der Waals surface area contributed by atoms with Crippen LogP contribution >= 0.6 is 0 Å². The van der Waals surface area contributed by atoms with Crippen LogP contribution in [0.15, 0.2) is 60.7 Å². The SMILES string of the molecule is CC(C)[C@@H]1NC(=O)c2cc(ccc2O)Oc2ccc(cc2)C[C@H](C(=O)N2CCC(c3nc4ccc(F)cc4[nH]3)CC2)NC(=O)[C@H](C)NC1=O. The van der Waals surface area contributed by atoms with Crippen LogP contribution in [0.25, 0.3) is 11.0 Å². The zero-order valence-corrected chi connectivity index (χ0v) is 27.5. The zero-order valence-electron chi connectivity index (χ0n) is 27.5. The molecule has 256 valence electrons. The molecular formula is C36H39FN6O6. The van der Waals surface area contributed by atoms with Crippen LogP contribution < -0.4 is 20.7 Å². The van der Waals surface area contributed by atoms with Gasteiger partial charge < -0.3 is 35.7 Å². The fourth-order valence-electron chi connectivity index (χ4n) is 6.23. The largest absolute Gasteiger partial charge is 0.507 e. The van der Waals surface area contributed by atoms with E-state index in [4.69, 9.17) is 4.74 Å². The number of hydrogen-bond acceptors (Lipinski definition) is 7. The first-order chi connectivity index (χ1) is 23.4. The molecule has 0 aliphatic carbocycles. The van der Waals surface area contributed by atoms with Gasteiger partial charge in [-0.2, -0.15) is 0 Å². The predicted molar refractivity (Wildman–Crippen MR) is 179 cm³/mol. The number of carbonyl (C=O) groups excluding carboxylic acids is 4. The third kappa shape index (κ3) is 7.50. The molecule has 4 amide bonds. The minimum absolute atomic E-state index is 0.0567. The Bertz CT molecular complexity index is 1880. The van der Waals surface area contributed by atoms with Gasteiger partial charge in [0.2, 0.25) is 17.7 Å². The number of nitrogens with one attached hydrogen (secondary N) is 4. The molecule has 13 heteroatoms. The molecular weight excluding hydrogens is 631 g/mol. The quantitative estimate of drug-likeness (QED) is 0.206. The van der Waals surface area contributed by atoms with Crippen molar-refractivity contribution in [3.8, 4) is 17.2 Å². The van der Waals surface area contributed by atoms with Gasteiger partial charge in [-0.1, -0.05) is 26.0 Å². The first-order valence-electron chi connectivity index (χ1n) is 16.4. The molecule has 49 heavy (non-hydrogen) atoms. The van der Waals surface area contributed by atoms with E-state index >= 15 is 0 Å². The monoisotopic (exact) mass is 670 g/mol. The Balaban J connectivity index is 1.23. The number of phenols is 1. The van der Waals surface area contributed by atoms with E-state index in [2.05, 4.69) is 25.9 Å². The molecule has 0 spiro atoms. The fraction of sp³-hybridized carbons (Fsp3) is 0.361. The summed E-state index contributed by atoms with van der Waals surface area (Å²) in [6, 6.07) is 12.7. The van der Waals surface area contributed by atoms with Crippen molar-refractivity contribution >= 4 is 34.7 Å². The van der Waals surface area contributed by atoms with Crippen LogP contribution in [-0.4, -0.2) is 74.8 Å². The van der Waals surface area contributed by atoms with E-state index in [0.29, 0.717) is 48.5 Å². The van der Waals surface area contributed by atoms with Crippen molar-refractivity contribution in [2.24, 2.45) is 5.92 Å². The van der Waals surface area contributed by atoms with Crippen molar-refractivity contribution in [2.45, 2.75) is 64.1 Å². The Hall–Kier alpha value is -5.46. The van der Waals surface area contributed by atoms with Crippen LogP contribution in [0.3, 0.4) is 0 Å². The van der Waals surface area contributed by atoms with Crippen molar-refractivity contribution < 1.29 is 33.4 Å². The van der Waals surface area contributed by atoms with E-state index in [0.717, 1.165) is 11.4 Å². The highest BCUT2D eigenvalue weighted by Crippen LogP contribution is 2.30. The van der Waals surface area contributed by atoms with Crippen LogP contribution in [0.1, 0.15) is 61.3 Å². The number of nitrogens with zero attached hydrogens (tertiary/aromatic N) is 2. The highest BCUT2D eigenvalue weighted by atomic mass is 19.1. The van der Waals surface area contributed by atoms with Gasteiger partial charge in [-0.15, -0.1) is 0 Å². The number of H-pyrrole nitrogens is 1. The third-order valence-electron chi connectivity index (χ3n) is 9.07. The molecule has 7 rings (SSSR count). The number of fused-ring (bicyclic) bond motifs is 12. The Morgan fingerprint density at radius 3 is 2.37 bits per heavy atom. The second-order valence-corrected chi connectivity index (χ2v) is 13.0. The Morgan fingerprint density at radius 1 is 0.939 bits per heavy atom. The fourth-order valence-corrected chi connectivity index (χ4v) is 6.23. The van der Waals surface area contributed by atoms with Gasteiger partial charge in [0.25, 0.3) is 5.91 Å². The number of piperidine rings is 1. The summed E-state index contributed by atoms with van der Waals surface area (Å²) in [5.74, 6) is -1.51. The molecule has 3 aliphatic rings. The number of likely N-dealkylation sites (tertiary alicyclic amines) is 1. The summed E-state index contributed by atoms with van der Waals surface area (Å²) in [6.45, 7) is 5.87. The molecule has 4 bridgehead atoms. The summed E-state index contributed by atoms with van der Waals surface area (Å²) in [7, 11) is 0. The maximum atomic E-state index is 14.0. The Kier molecular flexibility index (Phi) is 9.52. The second kappa shape index (κ2) is 14.0. The lowest BCUT2D eigenvalue weighted by molar-refractivity contribution is -0.138. The Labute approximate surface area is 282 Å². The lowest BCUT2D eigenvalue weighted by Gasteiger charge is -2.34. The number of carbonyl (C=O) groups is 4. The lowest BCUT2D eigenvalue weighted by Crippen LogP contribution is -2.57. The molecule has 12 nitrogen and oxygen atoms in total.